The van der Waals surface area contributed by atoms with Gasteiger partial charge in [-0.05, 0) is 68.7 Å². The molecule has 0 aliphatic carbocycles. The standard InChI is InChI=1S/C29H33Cl2N3O4S/c1-5-21(3)32-29(36)22(4)33(18-23-12-10-9-11-20(23)2)28(35)19-34(27-16-15-24(30)17-26(27)31)39(37,38)25-13-7-6-8-14-25/h6-17,21-22H,5,18-19H2,1-4H3,(H,32,36). The van der Waals surface area contributed by atoms with Gasteiger partial charge >= 0.3 is 0 Å². The van der Waals surface area contributed by atoms with Crippen molar-refractivity contribution in [2.75, 3.05) is 10.8 Å². The van der Waals surface area contributed by atoms with Crippen LogP contribution in [0, 0.1) is 6.92 Å². The number of carbonyl (C=O) groups excluding carboxylic acids is 2. The van der Waals surface area contributed by atoms with Crippen LogP contribution in [0.1, 0.15) is 38.3 Å². The molecule has 208 valence electrons. The summed E-state index contributed by atoms with van der Waals surface area (Å²) in [5.74, 6) is -0.885. The Kier molecular flexibility index (Phi) is 10.4. The molecule has 0 saturated carbocycles. The molecular formula is C29H33Cl2N3O4S. The predicted molar refractivity (Wildman–Crippen MR) is 157 cm³/mol. The first kappa shape index (κ1) is 30.5. The zero-order valence-electron chi connectivity index (χ0n) is 22.4. The van der Waals surface area contributed by atoms with Crippen LogP contribution in [0.15, 0.2) is 77.7 Å². The molecule has 2 atom stereocenters. The van der Waals surface area contributed by atoms with Crippen LogP contribution in [0.5, 0.6) is 0 Å². The largest absolute Gasteiger partial charge is 0.352 e. The molecule has 3 aromatic rings. The third-order valence-electron chi connectivity index (χ3n) is 6.56. The molecular weight excluding hydrogens is 557 g/mol. The highest BCUT2D eigenvalue weighted by Gasteiger charge is 2.33. The molecule has 2 amide bonds. The highest BCUT2D eigenvalue weighted by Crippen LogP contribution is 2.33. The van der Waals surface area contributed by atoms with Gasteiger partial charge in [0.15, 0.2) is 0 Å². The number of halogens is 2. The normalized spacial score (nSPS) is 12.9. The van der Waals surface area contributed by atoms with Crippen LogP contribution in [0.25, 0.3) is 0 Å². The molecule has 2 unspecified atom stereocenters. The molecule has 3 rings (SSSR count). The van der Waals surface area contributed by atoms with Gasteiger partial charge in [-0.25, -0.2) is 8.42 Å². The van der Waals surface area contributed by atoms with Crippen LogP contribution < -0.4 is 9.62 Å². The van der Waals surface area contributed by atoms with Gasteiger partial charge in [0.1, 0.15) is 12.6 Å². The molecule has 0 fully saturated rings. The van der Waals surface area contributed by atoms with Crippen molar-refractivity contribution in [2.24, 2.45) is 0 Å². The van der Waals surface area contributed by atoms with E-state index >= 15 is 0 Å². The molecule has 3 aromatic carbocycles. The van der Waals surface area contributed by atoms with Crippen molar-refractivity contribution in [2.45, 2.75) is 57.6 Å². The van der Waals surface area contributed by atoms with Crippen molar-refractivity contribution < 1.29 is 18.0 Å². The average Bonchev–Trinajstić information content (AvgIpc) is 2.91. The topological polar surface area (TPSA) is 86.8 Å². The van der Waals surface area contributed by atoms with E-state index in [1.165, 1.54) is 35.2 Å². The summed E-state index contributed by atoms with van der Waals surface area (Å²) in [4.78, 5) is 28.5. The Hall–Kier alpha value is -3.07. The summed E-state index contributed by atoms with van der Waals surface area (Å²) < 4.78 is 28.6. The fourth-order valence-corrected chi connectivity index (χ4v) is 5.95. The number of aryl methyl sites for hydroxylation is 1. The van der Waals surface area contributed by atoms with Crippen molar-refractivity contribution in [1.29, 1.82) is 0 Å². The van der Waals surface area contributed by atoms with Crippen molar-refractivity contribution in [3.63, 3.8) is 0 Å². The SMILES string of the molecule is CCC(C)NC(=O)C(C)N(Cc1ccccc1C)C(=O)CN(c1ccc(Cl)cc1Cl)S(=O)(=O)c1ccccc1. The molecule has 39 heavy (non-hydrogen) atoms. The molecule has 0 aliphatic heterocycles. The number of benzene rings is 3. The maximum atomic E-state index is 14.0. The number of sulfonamides is 1. The fourth-order valence-electron chi connectivity index (χ4n) is 3.94. The molecule has 7 nitrogen and oxygen atoms in total. The Morgan fingerprint density at radius 2 is 1.59 bits per heavy atom. The first-order valence-electron chi connectivity index (χ1n) is 12.6. The van der Waals surface area contributed by atoms with Crippen LogP contribution >= 0.6 is 23.2 Å². The van der Waals surface area contributed by atoms with E-state index in [-0.39, 0.29) is 34.1 Å². The number of nitrogens with zero attached hydrogens (tertiary/aromatic N) is 2. The van der Waals surface area contributed by atoms with Gasteiger partial charge in [0.2, 0.25) is 11.8 Å². The van der Waals surface area contributed by atoms with E-state index < -0.39 is 28.5 Å². The molecule has 0 aliphatic rings. The number of carbonyl (C=O) groups is 2. The van der Waals surface area contributed by atoms with E-state index in [9.17, 15) is 18.0 Å². The third kappa shape index (κ3) is 7.53. The van der Waals surface area contributed by atoms with Crippen molar-refractivity contribution in [3.8, 4) is 0 Å². The van der Waals surface area contributed by atoms with Crippen LogP contribution in [-0.4, -0.2) is 43.8 Å². The van der Waals surface area contributed by atoms with Crippen LogP contribution in [-0.2, 0) is 26.2 Å². The van der Waals surface area contributed by atoms with Crippen LogP contribution in [0.4, 0.5) is 5.69 Å². The highest BCUT2D eigenvalue weighted by molar-refractivity contribution is 7.92. The highest BCUT2D eigenvalue weighted by atomic mass is 35.5. The predicted octanol–water partition coefficient (Wildman–Crippen LogP) is 5.83. The van der Waals surface area contributed by atoms with Gasteiger partial charge in [0, 0.05) is 17.6 Å². The fraction of sp³-hybridized carbons (Fsp3) is 0.310. The number of rotatable bonds is 11. The Morgan fingerprint density at radius 1 is 0.949 bits per heavy atom. The van der Waals surface area contributed by atoms with Gasteiger partial charge < -0.3 is 10.2 Å². The molecule has 0 heterocycles. The number of amides is 2. The van der Waals surface area contributed by atoms with Gasteiger partial charge in [0.05, 0.1) is 15.6 Å². The van der Waals surface area contributed by atoms with E-state index in [0.717, 1.165) is 21.9 Å². The number of hydrogen-bond acceptors (Lipinski definition) is 4. The van der Waals surface area contributed by atoms with Crippen molar-refractivity contribution in [1.82, 2.24) is 10.2 Å². The Balaban J connectivity index is 2.06. The maximum absolute atomic E-state index is 14.0. The van der Waals surface area contributed by atoms with Gasteiger partial charge in [-0.15, -0.1) is 0 Å². The van der Waals surface area contributed by atoms with E-state index in [0.29, 0.717) is 5.02 Å². The molecule has 0 aromatic heterocycles. The molecule has 0 saturated heterocycles. The lowest BCUT2D eigenvalue weighted by molar-refractivity contribution is -0.139. The first-order chi connectivity index (χ1) is 18.4. The van der Waals surface area contributed by atoms with Gasteiger partial charge in [0.25, 0.3) is 10.0 Å². The van der Waals surface area contributed by atoms with Crippen molar-refractivity contribution in [3.05, 3.63) is 94.0 Å². The van der Waals surface area contributed by atoms with Crippen LogP contribution in [0.3, 0.4) is 0 Å². The summed E-state index contributed by atoms with van der Waals surface area (Å²) in [7, 11) is -4.21. The van der Waals surface area contributed by atoms with Gasteiger partial charge in [-0.1, -0.05) is 72.6 Å². The summed E-state index contributed by atoms with van der Waals surface area (Å²) in [5, 5.41) is 3.32. The second kappa shape index (κ2) is 13.3. The molecule has 1 N–H and O–H groups in total. The Bertz CT molecular complexity index is 1420. The zero-order valence-corrected chi connectivity index (χ0v) is 24.7. The quantitative estimate of drug-likeness (QED) is 0.305. The lowest BCUT2D eigenvalue weighted by atomic mass is 10.1. The Morgan fingerprint density at radius 3 is 2.21 bits per heavy atom. The van der Waals surface area contributed by atoms with E-state index in [2.05, 4.69) is 5.32 Å². The average molecular weight is 591 g/mol. The maximum Gasteiger partial charge on any atom is 0.264 e. The monoisotopic (exact) mass is 589 g/mol. The molecule has 0 radical (unpaired) electrons. The summed E-state index contributed by atoms with van der Waals surface area (Å²) >= 11 is 12.5. The minimum atomic E-state index is -4.21. The summed E-state index contributed by atoms with van der Waals surface area (Å²) in [5.41, 5.74) is 1.89. The third-order valence-corrected chi connectivity index (χ3v) is 8.87. The number of anilines is 1. The van der Waals surface area contributed by atoms with E-state index in [1.807, 2.05) is 45.0 Å². The minimum Gasteiger partial charge on any atom is -0.352 e. The zero-order chi connectivity index (χ0) is 28.7. The summed E-state index contributed by atoms with van der Waals surface area (Å²) in [6.45, 7) is 6.93. The van der Waals surface area contributed by atoms with Crippen LogP contribution in [0.2, 0.25) is 10.0 Å². The van der Waals surface area contributed by atoms with E-state index in [1.54, 1.807) is 25.1 Å². The summed E-state index contributed by atoms with van der Waals surface area (Å²) in [6.07, 6.45) is 0.725. The van der Waals surface area contributed by atoms with Crippen molar-refractivity contribution >= 4 is 50.7 Å². The molecule has 0 spiro atoms. The Labute approximate surface area is 240 Å². The second-order valence-electron chi connectivity index (χ2n) is 9.36. The van der Waals surface area contributed by atoms with Gasteiger partial charge in [-0.3, -0.25) is 13.9 Å². The smallest absolute Gasteiger partial charge is 0.264 e. The van der Waals surface area contributed by atoms with Gasteiger partial charge in [-0.2, -0.15) is 0 Å². The van der Waals surface area contributed by atoms with E-state index in [4.69, 9.17) is 23.2 Å². The lowest BCUT2D eigenvalue weighted by Gasteiger charge is -2.33. The summed E-state index contributed by atoms with van der Waals surface area (Å²) in [6, 6.07) is 18.8. The second-order valence-corrected chi connectivity index (χ2v) is 12.1. The number of hydrogen-bond donors (Lipinski definition) is 1. The molecule has 10 heteroatoms. The minimum absolute atomic E-state index is 0.00293. The lowest BCUT2D eigenvalue weighted by Crippen LogP contribution is -2.52. The molecule has 0 bridgehead atoms. The first-order valence-corrected chi connectivity index (χ1v) is 14.8. The number of nitrogens with one attached hydrogen (secondary N) is 1.